The van der Waals surface area contributed by atoms with Crippen molar-refractivity contribution in [1.82, 2.24) is 0 Å². The molecule has 1 radical (unpaired) electrons. The lowest BCUT2D eigenvalue weighted by atomic mass is 10.2. The van der Waals surface area contributed by atoms with Crippen LogP contribution in [0.5, 0.6) is 0 Å². The van der Waals surface area contributed by atoms with Gasteiger partial charge in [0.1, 0.15) is 0 Å². The second-order valence-corrected chi connectivity index (χ2v) is 2.26. The van der Waals surface area contributed by atoms with Crippen molar-refractivity contribution in [1.29, 1.82) is 0 Å². The molecular weight excluding hydrogens is 122 g/mol. The van der Waals surface area contributed by atoms with E-state index in [1.54, 1.807) is 0 Å². The van der Waals surface area contributed by atoms with E-state index in [1.165, 1.54) is 10.8 Å². The average Bonchev–Trinajstić information content (AvgIpc) is 2.05. The summed E-state index contributed by atoms with van der Waals surface area (Å²) in [4.78, 5) is 0. The summed E-state index contributed by atoms with van der Waals surface area (Å²) in [5, 5.41) is 2.44. The molecule has 0 fully saturated rings. The Balaban J connectivity index is 2.89. The molecule has 0 aliphatic heterocycles. The predicted octanol–water partition coefficient (Wildman–Crippen LogP) is 2.64. The summed E-state index contributed by atoms with van der Waals surface area (Å²) in [5.41, 5.74) is 0. The molecule has 0 N–H and O–H groups in total. The van der Waals surface area contributed by atoms with Crippen LogP contribution in [0.25, 0.3) is 10.8 Å². The zero-order valence-electron chi connectivity index (χ0n) is 5.54. The summed E-state index contributed by atoms with van der Waals surface area (Å²) in [5.74, 6) is 0. The molecule has 0 saturated heterocycles. The fraction of sp³-hybridized carbons (Fsp3) is 0. The molecule has 0 bridgehead atoms. The highest BCUT2D eigenvalue weighted by atomic mass is 14.6. The van der Waals surface area contributed by atoms with Crippen LogP contribution < -0.4 is 0 Å². The van der Waals surface area contributed by atoms with Gasteiger partial charge in [0.25, 0.3) is 0 Å². The molecule has 0 heteroatoms. The lowest BCUT2D eigenvalue weighted by molar-refractivity contribution is 1.74. The van der Waals surface area contributed by atoms with Crippen molar-refractivity contribution in [3.05, 3.63) is 48.5 Å². The van der Waals surface area contributed by atoms with Gasteiger partial charge in [-0.15, -0.1) is 0 Å². The number of hydrogen-bond donors (Lipinski definition) is 0. The number of hydrogen-bond acceptors (Lipinski definition) is 0. The minimum atomic E-state index is 1.19. The Morgan fingerprint density at radius 2 is 1.70 bits per heavy atom. The van der Waals surface area contributed by atoms with Crippen molar-refractivity contribution < 1.29 is 0 Å². The SMILES string of the molecule is c1ccc2[14c]cccc2c1. The number of fused-ring (bicyclic) bond motifs is 1. The lowest BCUT2D eigenvalue weighted by Gasteiger charge is -1.91. The van der Waals surface area contributed by atoms with Gasteiger partial charge in [0, 0.05) is 0 Å². The Labute approximate surface area is 60.1 Å². The molecule has 2 aromatic rings. The Kier molecular flexibility index (Phi) is 1.17. The molecule has 2 aromatic carbocycles. The molecule has 0 unspecified atom stereocenters. The summed E-state index contributed by atoms with van der Waals surface area (Å²) in [6.07, 6.45) is 0. The van der Waals surface area contributed by atoms with Crippen LogP contribution in [0.4, 0.5) is 0 Å². The van der Waals surface area contributed by atoms with Gasteiger partial charge in [-0.1, -0.05) is 42.5 Å². The van der Waals surface area contributed by atoms with Crippen molar-refractivity contribution in [2.24, 2.45) is 0 Å². The van der Waals surface area contributed by atoms with E-state index in [0.717, 1.165) is 0 Å². The minimum absolute atomic E-state index is 1.19. The zero-order chi connectivity index (χ0) is 6.81. The molecule has 0 amide bonds. The second-order valence-electron chi connectivity index (χ2n) is 2.26. The third kappa shape index (κ3) is 0.781. The molecule has 0 saturated carbocycles. The summed E-state index contributed by atoms with van der Waals surface area (Å²) >= 11 is 0. The molecule has 0 spiro atoms. The molecule has 2 rings (SSSR count). The van der Waals surface area contributed by atoms with Crippen molar-refractivity contribution in [3.8, 4) is 0 Å². The number of rotatable bonds is 0. The topological polar surface area (TPSA) is 0 Å². The maximum Gasteiger partial charge on any atom is -0.00992 e. The van der Waals surface area contributed by atoms with Crippen LogP contribution in [-0.4, -0.2) is 0 Å². The number of benzene rings is 2. The molecular formula is C10H7. The minimum Gasteiger partial charge on any atom is -0.0616 e. The standard InChI is InChI=1S/C10H7/c1-2-6-10-8-4-3-7-9(10)5-1/h1-7H/i8+2. The monoisotopic (exact) mass is 129 g/mol. The molecule has 0 nitrogen and oxygen atoms in total. The Hall–Kier alpha value is -1.30. The van der Waals surface area contributed by atoms with Gasteiger partial charge < -0.3 is 0 Å². The molecule has 0 aromatic heterocycles. The van der Waals surface area contributed by atoms with Gasteiger partial charge >= 0.3 is 0 Å². The summed E-state index contributed by atoms with van der Waals surface area (Å²) in [7, 11) is 0. The molecule has 0 heterocycles. The van der Waals surface area contributed by atoms with Crippen molar-refractivity contribution >= 4 is 10.8 Å². The van der Waals surface area contributed by atoms with E-state index in [9.17, 15) is 0 Å². The van der Waals surface area contributed by atoms with Crippen LogP contribution >= 0.6 is 0 Å². The second kappa shape index (κ2) is 2.14. The first kappa shape index (κ1) is 5.48. The molecule has 0 aliphatic carbocycles. The molecule has 0 aliphatic rings. The van der Waals surface area contributed by atoms with Crippen LogP contribution in [0.15, 0.2) is 42.5 Å². The maximum absolute atomic E-state index is 3.15. The largest absolute Gasteiger partial charge is 0.0616 e. The molecule has 0 atom stereocenters. The highest BCUT2D eigenvalue weighted by molar-refractivity contribution is 5.81. The fourth-order valence-electron chi connectivity index (χ4n) is 1.06. The normalized spacial score (nSPS) is 10.0. The van der Waals surface area contributed by atoms with Crippen LogP contribution in [0, 0.1) is 6.07 Å². The van der Waals surface area contributed by atoms with Gasteiger partial charge in [-0.05, 0) is 16.8 Å². The van der Waals surface area contributed by atoms with Gasteiger partial charge in [0.15, 0.2) is 0 Å². The first-order valence-corrected chi connectivity index (χ1v) is 3.32. The first-order valence-electron chi connectivity index (χ1n) is 3.32. The summed E-state index contributed by atoms with van der Waals surface area (Å²) < 4.78 is 0. The van der Waals surface area contributed by atoms with E-state index in [4.69, 9.17) is 0 Å². The van der Waals surface area contributed by atoms with Gasteiger partial charge in [-0.25, -0.2) is 0 Å². The third-order valence-corrected chi connectivity index (χ3v) is 1.57. The highest BCUT2D eigenvalue weighted by Crippen LogP contribution is 2.10. The van der Waals surface area contributed by atoms with Gasteiger partial charge in [-0.2, -0.15) is 0 Å². The molecule has 47 valence electrons. The fourth-order valence-corrected chi connectivity index (χ4v) is 1.06. The Bertz CT molecular complexity index is 271. The van der Waals surface area contributed by atoms with E-state index in [-0.39, 0.29) is 0 Å². The highest BCUT2D eigenvalue weighted by Gasteiger charge is 1.85. The average molecular weight is 129 g/mol. The quantitative estimate of drug-likeness (QED) is 0.513. The van der Waals surface area contributed by atoms with E-state index in [2.05, 4.69) is 24.3 Å². The zero-order valence-corrected chi connectivity index (χ0v) is 5.54. The summed E-state index contributed by atoms with van der Waals surface area (Å²) in [6.45, 7) is 0. The van der Waals surface area contributed by atoms with Crippen LogP contribution in [-0.2, 0) is 0 Å². The smallest absolute Gasteiger partial charge is 0.00992 e. The van der Waals surface area contributed by atoms with Crippen molar-refractivity contribution in [2.75, 3.05) is 0 Å². The van der Waals surface area contributed by atoms with Crippen molar-refractivity contribution in [3.63, 3.8) is 0 Å². The Morgan fingerprint density at radius 3 is 2.60 bits per heavy atom. The maximum atomic E-state index is 3.15. The van der Waals surface area contributed by atoms with Crippen LogP contribution in [0.1, 0.15) is 0 Å². The van der Waals surface area contributed by atoms with E-state index < -0.39 is 0 Å². The van der Waals surface area contributed by atoms with E-state index >= 15 is 0 Å². The third-order valence-electron chi connectivity index (χ3n) is 1.57. The van der Waals surface area contributed by atoms with Gasteiger partial charge in [-0.3, -0.25) is 0 Å². The summed E-state index contributed by atoms with van der Waals surface area (Å²) in [6, 6.07) is 17.4. The van der Waals surface area contributed by atoms with Gasteiger partial charge in [0.2, 0.25) is 0 Å². The lowest BCUT2D eigenvalue weighted by Crippen LogP contribution is -1.67. The van der Waals surface area contributed by atoms with Crippen LogP contribution in [0.3, 0.4) is 0 Å². The van der Waals surface area contributed by atoms with Crippen molar-refractivity contribution in [2.45, 2.75) is 0 Å². The van der Waals surface area contributed by atoms with E-state index in [0.29, 0.717) is 0 Å². The van der Waals surface area contributed by atoms with Crippen LogP contribution in [0.2, 0.25) is 0 Å². The Morgan fingerprint density at radius 1 is 0.900 bits per heavy atom. The predicted molar refractivity (Wildman–Crippen MR) is 42.8 cm³/mol. The van der Waals surface area contributed by atoms with E-state index in [1.807, 2.05) is 24.3 Å². The van der Waals surface area contributed by atoms with Gasteiger partial charge in [0.05, 0.1) is 0 Å². The first-order chi connectivity index (χ1) is 4.97. The molecule has 10 heavy (non-hydrogen) atoms.